The second kappa shape index (κ2) is 12.1. The van der Waals surface area contributed by atoms with E-state index in [4.69, 9.17) is 14.2 Å². The average molecular weight is 547 g/mol. The summed E-state index contributed by atoms with van der Waals surface area (Å²) in [6, 6.07) is 10.4. The van der Waals surface area contributed by atoms with E-state index in [1.165, 1.54) is 44.0 Å². The van der Waals surface area contributed by atoms with E-state index >= 15 is 0 Å². The third kappa shape index (κ3) is 6.49. The first-order chi connectivity index (χ1) is 18.0. The highest BCUT2D eigenvalue weighted by Gasteiger charge is 2.27. The van der Waals surface area contributed by atoms with Gasteiger partial charge in [0.2, 0.25) is 21.8 Å². The molecule has 0 aliphatic heterocycles. The van der Waals surface area contributed by atoms with Crippen molar-refractivity contribution >= 4 is 27.6 Å². The first-order valence-corrected chi connectivity index (χ1v) is 13.1. The molecule has 0 spiro atoms. The van der Waals surface area contributed by atoms with Gasteiger partial charge >= 0.3 is 5.97 Å². The number of amides is 1. The van der Waals surface area contributed by atoms with Crippen LogP contribution < -0.4 is 19.5 Å². The van der Waals surface area contributed by atoms with Crippen LogP contribution in [0.3, 0.4) is 0 Å². The van der Waals surface area contributed by atoms with Crippen molar-refractivity contribution in [1.82, 2.24) is 14.5 Å². The van der Waals surface area contributed by atoms with Crippen LogP contribution in [0.4, 0.5) is 5.69 Å². The third-order valence-electron chi connectivity index (χ3n) is 5.56. The zero-order chi connectivity index (χ0) is 28.0. The van der Waals surface area contributed by atoms with Gasteiger partial charge in [0.05, 0.1) is 12.8 Å². The number of hydrogen-bond donors (Lipinski definition) is 3. The largest absolute Gasteiger partial charge is 0.497 e. The summed E-state index contributed by atoms with van der Waals surface area (Å²) in [5, 5.41) is 16.4. The molecule has 3 rings (SSSR count). The van der Waals surface area contributed by atoms with Gasteiger partial charge in [0.15, 0.2) is 5.69 Å². The Bertz CT molecular complexity index is 1420. The predicted molar refractivity (Wildman–Crippen MR) is 139 cm³/mol. The fourth-order valence-electron chi connectivity index (χ4n) is 3.43. The first kappa shape index (κ1) is 28.6. The minimum absolute atomic E-state index is 0.00345. The van der Waals surface area contributed by atoms with E-state index in [0.29, 0.717) is 17.9 Å². The fraction of sp³-hybridized carbons (Fsp3) is 0.320. The lowest BCUT2D eigenvalue weighted by Gasteiger charge is -2.17. The van der Waals surface area contributed by atoms with E-state index in [2.05, 4.69) is 15.1 Å². The van der Waals surface area contributed by atoms with E-state index in [1.807, 2.05) is 6.92 Å². The van der Waals surface area contributed by atoms with Crippen molar-refractivity contribution in [2.45, 2.75) is 38.1 Å². The van der Waals surface area contributed by atoms with Crippen LogP contribution >= 0.6 is 0 Å². The van der Waals surface area contributed by atoms with E-state index in [-0.39, 0.29) is 46.1 Å². The predicted octanol–water partition coefficient (Wildman–Crippen LogP) is 3.34. The molecule has 13 heteroatoms. The van der Waals surface area contributed by atoms with Gasteiger partial charge < -0.3 is 24.6 Å². The molecule has 0 saturated heterocycles. The highest BCUT2D eigenvalue weighted by atomic mass is 32.2. The quantitative estimate of drug-likeness (QED) is 0.310. The molecule has 3 N–H and O–H groups in total. The number of ether oxygens (including phenoxy) is 3. The fourth-order valence-corrected chi connectivity index (χ4v) is 4.91. The number of aromatic nitrogens is 2. The third-order valence-corrected chi connectivity index (χ3v) is 7.17. The number of anilines is 1. The van der Waals surface area contributed by atoms with Crippen LogP contribution in [-0.4, -0.2) is 62.0 Å². The molecule has 0 aliphatic rings. The summed E-state index contributed by atoms with van der Waals surface area (Å²) in [6.07, 6.45) is 0.533. The molecule has 3 aromatic rings. The molecule has 0 aliphatic carbocycles. The van der Waals surface area contributed by atoms with Crippen molar-refractivity contribution in [3.63, 3.8) is 0 Å². The van der Waals surface area contributed by atoms with Gasteiger partial charge in [-0.15, -0.1) is 0 Å². The van der Waals surface area contributed by atoms with Crippen LogP contribution in [0.15, 0.2) is 47.4 Å². The number of aromatic carboxylic acids is 1. The highest BCUT2D eigenvalue weighted by molar-refractivity contribution is 7.89. The van der Waals surface area contributed by atoms with Crippen LogP contribution in [0.5, 0.6) is 17.4 Å². The summed E-state index contributed by atoms with van der Waals surface area (Å²) < 4.78 is 46.6. The molecule has 0 saturated carbocycles. The maximum Gasteiger partial charge on any atom is 0.356 e. The highest BCUT2D eigenvalue weighted by Crippen LogP contribution is 2.35. The van der Waals surface area contributed by atoms with Gasteiger partial charge in [0.1, 0.15) is 23.0 Å². The molecule has 0 unspecified atom stereocenters. The Morgan fingerprint density at radius 1 is 1.13 bits per heavy atom. The van der Waals surface area contributed by atoms with Gasteiger partial charge in [-0.05, 0) is 62.7 Å². The summed E-state index contributed by atoms with van der Waals surface area (Å²) in [4.78, 5) is 23.6. The van der Waals surface area contributed by atoms with Crippen molar-refractivity contribution in [1.29, 1.82) is 0 Å². The number of nitrogens with zero attached hydrogens (tertiary/aromatic N) is 2. The van der Waals surface area contributed by atoms with Gasteiger partial charge in [-0.1, -0.05) is 6.92 Å². The maximum absolute atomic E-state index is 13.3. The minimum Gasteiger partial charge on any atom is -0.497 e. The number of carboxylic acid groups (broad SMARTS) is 1. The van der Waals surface area contributed by atoms with Crippen molar-refractivity contribution in [3.05, 3.63) is 53.7 Å². The van der Waals surface area contributed by atoms with Crippen molar-refractivity contribution in [2.75, 3.05) is 26.1 Å². The van der Waals surface area contributed by atoms with E-state index < -0.39 is 21.9 Å². The van der Waals surface area contributed by atoms with Crippen molar-refractivity contribution in [3.8, 4) is 23.1 Å². The van der Waals surface area contributed by atoms with Gasteiger partial charge in [-0.3, -0.25) is 4.79 Å². The molecule has 204 valence electrons. The Morgan fingerprint density at radius 3 is 2.39 bits per heavy atom. The number of nitrogens with one attached hydrogen (secondary N) is 2. The standard InChI is InChI=1S/C25H30N4O8S/c1-6-15(2)28-38(33,34)21-13-17(26-22(30)14-35-4)7-12-20(21)37-24-16(3)23(25(31)32)27-29(24)18-8-10-19(36-5)11-9-18/h7-13,15,28H,6,14H2,1-5H3,(H,26,30)(H,31,32)/t15-/m1/s1. The van der Waals surface area contributed by atoms with Gasteiger partial charge in [0, 0.05) is 24.4 Å². The van der Waals surface area contributed by atoms with Gasteiger partial charge in [0.25, 0.3) is 0 Å². The summed E-state index contributed by atoms with van der Waals surface area (Å²) in [6.45, 7) is 4.83. The van der Waals surface area contributed by atoms with Crippen LogP contribution in [0.1, 0.15) is 36.3 Å². The molecular formula is C25H30N4O8S. The Balaban J connectivity index is 2.15. The zero-order valence-corrected chi connectivity index (χ0v) is 22.5. The first-order valence-electron chi connectivity index (χ1n) is 11.6. The van der Waals surface area contributed by atoms with E-state index in [1.54, 1.807) is 31.2 Å². The number of methoxy groups -OCH3 is 2. The van der Waals surface area contributed by atoms with Crippen LogP contribution in [0.2, 0.25) is 0 Å². The molecule has 0 radical (unpaired) electrons. The van der Waals surface area contributed by atoms with Crippen LogP contribution in [0, 0.1) is 6.92 Å². The summed E-state index contributed by atoms with van der Waals surface area (Å²) in [5.74, 6) is -1.26. The lowest BCUT2D eigenvalue weighted by molar-refractivity contribution is -0.119. The average Bonchev–Trinajstić information content (AvgIpc) is 3.20. The van der Waals surface area contributed by atoms with Gasteiger partial charge in [-0.2, -0.15) is 9.78 Å². The number of hydrogen-bond acceptors (Lipinski definition) is 8. The molecular weight excluding hydrogens is 516 g/mol. The summed E-state index contributed by atoms with van der Waals surface area (Å²) in [7, 11) is -1.24. The van der Waals surface area contributed by atoms with E-state index in [9.17, 15) is 23.1 Å². The normalized spacial score (nSPS) is 12.1. The number of carboxylic acids is 1. The topological polar surface area (TPSA) is 158 Å². The smallest absolute Gasteiger partial charge is 0.356 e. The Labute approximate surface area is 220 Å². The molecule has 1 aromatic heterocycles. The molecule has 0 fully saturated rings. The van der Waals surface area contributed by atoms with Crippen molar-refractivity contribution in [2.24, 2.45) is 0 Å². The second-order valence-corrected chi connectivity index (χ2v) is 10.1. The molecule has 1 heterocycles. The summed E-state index contributed by atoms with van der Waals surface area (Å²) in [5.41, 5.74) is 0.586. The van der Waals surface area contributed by atoms with Crippen LogP contribution in [0.25, 0.3) is 5.69 Å². The number of rotatable bonds is 12. The monoisotopic (exact) mass is 546 g/mol. The number of carbonyl (C=O) groups excluding carboxylic acids is 1. The lowest BCUT2D eigenvalue weighted by Crippen LogP contribution is -2.32. The molecule has 12 nitrogen and oxygen atoms in total. The molecule has 1 atom stereocenters. The van der Waals surface area contributed by atoms with E-state index in [0.717, 1.165) is 0 Å². The second-order valence-electron chi connectivity index (χ2n) is 8.37. The summed E-state index contributed by atoms with van der Waals surface area (Å²) >= 11 is 0. The number of benzene rings is 2. The number of carbonyl (C=O) groups is 2. The molecule has 38 heavy (non-hydrogen) atoms. The zero-order valence-electron chi connectivity index (χ0n) is 21.6. The van der Waals surface area contributed by atoms with Crippen LogP contribution in [-0.2, 0) is 19.6 Å². The lowest BCUT2D eigenvalue weighted by atomic mass is 10.2. The Kier molecular flexibility index (Phi) is 9.09. The van der Waals surface area contributed by atoms with Gasteiger partial charge in [-0.25, -0.2) is 17.9 Å². The SMILES string of the molecule is CC[C@@H](C)NS(=O)(=O)c1cc(NC(=O)COC)ccc1Oc1c(C)c(C(=O)O)nn1-c1ccc(OC)cc1. The van der Waals surface area contributed by atoms with Crippen molar-refractivity contribution < 1.29 is 37.3 Å². The maximum atomic E-state index is 13.3. The Hall–Kier alpha value is -3.94. The Morgan fingerprint density at radius 2 is 1.82 bits per heavy atom. The molecule has 2 aromatic carbocycles. The number of sulfonamides is 1. The molecule has 1 amide bonds. The molecule has 0 bridgehead atoms. The minimum atomic E-state index is -4.12.